The quantitative estimate of drug-likeness (QED) is 0.743. The van der Waals surface area contributed by atoms with E-state index in [4.69, 9.17) is 0 Å². The van der Waals surface area contributed by atoms with Gasteiger partial charge in [0.1, 0.15) is 11.9 Å². The Bertz CT molecular complexity index is 412. The van der Waals surface area contributed by atoms with E-state index in [2.05, 4.69) is 48.8 Å². The molecule has 7 heteroatoms. The number of nitrogens with zero attached hydrogens (tertiary/aromatic N) is 2. The Morgan fingerprint density at radius 1 is 1.56 bits per heavy atom. The Morgan fingerprint density at radius 2 is 2.28 bits per heavy atom. The molecular formula is C11H18BrN5O. The molecule has 0 aliphatic heterocycles. The topological polar surface area (TPSA) is 78.9 Å². The summed E-state index contributed by atoms with van der Waals surface area (Å²) >= 11 is 3.35. The predicted octanol–water partition coefficient (Wildman–Crippen LogP) is 1.61. The lowest BCUT2D eigenvalue weighted by Crippen LogP contribution is -2.35. The Labute approximate surface area is 115 Å². The summed E-state index contributed by atoms with van der Waals surface area (Å²) in [5, 5.41) is 8.70. The molecule has 0 aromatic carbocycles. The molecule has 0 bridgehead atoms. The molecule has 0 saturated heterocycles. The van der Waals surface area contributed by atoms with Gasteiger partial charge in [0.05, 0.1) is 4.47 Å². The molecule has 6 nitrogen and oxygen atoms in total. The van der Waals surface area contributed by atoms with Gasteiger partial charge in [0, 0.05) is 19.8 Å². The third kappa shape index (κ3) is 4.14. The van der Waals surface area contributed by atoms with E-state index in [0.717, 1.165) is 17.4 Å². The van der Waals surface area contributed by atoms with Crippen LogP contribution in [0.4, 0.5) is 11.8 Å². The van der Waals surface area contributed by atoms with Gasteiger partial charge in [-0.15, -0.1) is 0 Å². The number of likely N-dealkylation sites (N-methyl/N-ethyl adjacent to an activating group) is 1. The van der Waals surface area contributed by atoms with Crippen molar-refractivity contribution in [1.29, 1.82) is 0 Å². The third-order valence-electron chi connectivity index (χ3n) is 2.27. The van der Waals surface area contributed by atoms with Crippen LogP contribution in [-0.2, 0) is 4.79 Å². The minimum Gasteiger partial charge on any atom is -0.358 e. The zero-order valence-corrected chi connectivity index (χ0v) is 12.3. The second-order valence-corrected chi connectivity index (χ2v) is 4.65. The molecule has 0 aliphatic carbocycles. The van der Waals surface area contributed by atoms with Crippen molar-refractivity contribution in [2.75, 3.05) is 24.2 Å². The summed E-state index contributed by atoms with van der Waals surface area (Å²) in [6.07, 6.45) is 2.65. The monoisotopic (exact) mass is 315 g/mol. The first-order chi connectivity index (χ1) is 8.58. The van der Waals surface area contributed by atoms with Crippen molar-refractivity contribution in [2.24, 2.45) is 0 Å². The van der Waals surface area contributed by atoms with Gasteiger partial charge in [-0.05, 0) is 29.3 Å². The van der Waals surface area contributed by atoms with Gasteiger partial charge in [0.15, 0.2) is 0 Å². The first kappa shape index (κ1) is 14.7. The van der Waals surface area contributed by atoms with Gasteiger partial charge >= 0.3 is 0 Å². The molecule has 1 aromatic heterocycles. The zero-order chi connectivity index (χ0) is 13.5. The molecule has 1 atom stereocenters. The number of carbonyl (C=O) groups is 1. The van der Waals surface area contributed by atoms with Crippen LogP contribution in [-0.4, -0.2) is 35.5 Å². The third-order valence-corrected chi connectivity index (χ3v) is 2.85. The van der Waals surface area contributed by atoms with Crippen LogP contribution < -0.4 is 16.0 Å². The highest BCUT2D eigenvalue weighted by Crippen LogP contribution is 2.20. The molecule has 0 aliphatic rings. The van der Waals surface area contributed by atoms with E-state index in [1.807, 2.05) is 0 Å². The summed E-state index contributed by atoms with van der Waals surface area (Å²) in [5.74, 6) is 1.05. The van der Waals surface area contributed by atoms with Gasteiger partial charge in [-0.25, -0.2) is 4.98 Å². The molecule has 1 unspecified atom stereocenters. The highest BCUT2D eigenvalue weighted by atomic mass is 79.9. The number of hydrogen-bond donors (Lipinski definition) is 3. The number of aromatic nitrogens is 2. The Hall–Kier alpha value is -1.37. The van der Waals surface area contributed by atoms with E-state index in [9.17, 15) is 4.79 Å². The summed E-state index contributed by atoms with van der Waals surface area (Å²) in [4.78, 5) is 19.9. The number of halogens is 1. The molecule has 1 rings (SSSR count). The largest absolute Gasteiger partial charge is 0.358 e. The smallest absolute Gasteiger partial charge is 0.241 e. The SMILES string of the molecule is CCCNc1ncc(Br)c(NC(C)C(=O)NC)n1. The van der Waals surface area contributed by atoms with Crippen molar-refractivity contribution in [3.8, 4) is 0 Å². The first-order valence-corrected chi connectivity index (χ1v) is 6.62. The van der Waals surface area contributed by atoms with Crippen LogP contribution in [0.25, 0.3) is 0 Å². The number of hydrogen-bond acceptors (Lipinski definition) is 5. The fourth-order valence-electron chi connectivity index (χ4n) is 1.28. The second-order valence-electron chi connectivity index (χ2n) is 3.80. The summed E-state index contributed by atoms with van der Waals surface area (Å²) in [5.41, 5.74) is 0. The molecule has 1 aromatic rings. The lowest BCUT2D eigenvalue weighted by molar-refractivity contribution is -0.121. The van der Waals surface area contributed by atoms with Crippen LogP contribution in [0.2, 0.25) is 0 Å². The molecule has 0 saturated carbocycles. The van der Waals surface area contributed by atoms with E-state index in [1.54, 1.807) is 20.2 Å². The molecule has 3 N–H and O–H groups in total. The molecule has 0 fully saturated rings. The minimum absolute atomic E-state index is 0.0939. The van der Waals surface area contributed by atoms with Crippen LogP contribution in [0.1, 0.15) is 20.3 Å². The lowest BCUT2D eigenvalue weighted by Gasteiger charge is -2.14. The molecule has 1 amide bonds. The van der Waals surface area contributed by atoms with Gasteiger partial charge in [-0.1, -0.05) is 6.92 Å². The maximum atomic E-state index is 11.4. The van der Waals surface area contributed by atoms with Crippen LogP contribution in [0.3, 0.4) is 0 Å². The second kappa shape index (κ2) is 7.15. The van der Waals surface area contributed by atoms with Gasteiger partial charge in [0.2, 0.25) is 11.9 Å². The van der Waals surface area contributed by atoms with Crippen molar-refractivity contribution < 1.29 is 4.79 Å². The maximum Gasteiger partial charge on any atom is 0.241 e. The van der Waals surface area contributed by atoms with Crippen molar-refractivity contribution in [3.05, 3.63) is 10.7 Å². The summed E-state index contributed by atoms with van der Waals surface area (Å²) in [6.45, 7) is 4.65. The number of amides is 1. The summed E-state index contributed by atoms with van der Waals surface area (Å²) in [7, 11) is 1.60. The Kier molecular flexibility index (Phi) is 5.84. The number of rotatable bonds is 6. The standard InChI is InChI=1S/C11H18BrN5O/c1-4-5-14-11-15-6-8(12)9(17-11)16-7(2)10(18)13-3/h6-7H,4-5H2,1-3H3,(H,13,18)(H2,14,15,16,17). The fraction of sp³-hybridized carbons (Fsp3) is 0.545. The van der Waals surface area contributed by atoms with Crippen molar-refractivity contribution >= 4 is 33.6 Å². The number of anilines is 2. The van der Waals surface area contributed by atoms with E-state index in [-0.39, 0.29) is 11.9 Å². The molecule has 1 heterocycles. The molecule has 18 heavy (non-hydrogen) atoms. The van der Waals surface area contributed by atoms with E-state index < -0.39 is 0 Å². The average molecular weight is 316 g/mol. The highest BCUT2D eigenvalue weighted by molar-refractivity contribution is 9.10. The molecule has 0 radical (unpaired) electrons. The molecular weight excluding hydrogens is 298 g/mol. The van der Waals surface area contributed by atoms with Crippen molar-refractivity contribution in [2.45, 2.75) is 26.3 Å². The van der Waals surface area contributed by atoms with Crippen LogP contribution in [0.5, 0.6) is 0 Å². The van der Waals surface area contributed by atoms with Crippen LogP contribution in [0.15, 0.2) is 10.7 Å². The van der Waals surface area contributed by atoms with E-state index in [0.29, 0.717) is 11.8 Å². The van der Waals surface area contributed by atoms with Crippen LogP contribution >= 0.6 is 15.9 Å². The maximum absolute atomic E-state index is 11.4. The summed E-state index contributed by atoms with van der Waals surface area (Å²) < 4.78 is 0.723. The van der Waals surface area contributed by atoms with Crippen LogP contribution in [0, 0.1) is 0 Å². The predicted molar refractivity (Wildman–Crippen MR) is 75.7 cm³/mol. The van der Waals surface area contributed by atoms with E-state index >= 15 is 0 Å². The number of carbonyl (C=O) groups excluding carboxylic acids is 1. The summed E-state index contributed by atoms with van der Waals surface area (Å²) in [6, 6.07) is -0.361. The fourth-order valence-corrected chi connectivity index (χ4v) is 1.58. The van der Waals surface area contributed by atoms with Gasteiger partial charge in [-0.2, -0.15) is 4.98 Å². The number of nitrogens with one attached hydrogen (secondary N) is 3. The molecule has 0 spiro atoms. The van der Waals surface area contributed by atoms with Crippen molar-refractivity contribution in [1.82, 2.24) is 15.3 Å². The zero-order valence-electron chi connectivity index (χ0n) is 10.7. The highest BCUT2D eigenvalue weighted by Gasteiger charge is 2.13. The Morgan fingerprint density at radius 3 is 2.89 bits per heavy atom. The van der Waals surface area contributed by atoms with Gasteiger partial charge < -0.3 is 16.0 Å². The average Bonchev–Trinajstić information content (AvgIpc) is 2.38. The normalized spacial score (nSPS) is 11.8. The lowest BCUT2D eigenvalue weighted by atomic mass is 10.3. The minimum atomic E-state index is -0.361. The van der Waals surface area contributed by atoms with Gasteiger partial charge in [0.25, 0.3) is 0 Å². The Balaban J connectivity index is 2.77. The first-order valence-electron chi connectivity index (χ1n) is 5.83. The molecule has 100 valence electrons. The van der Waals surface area contributed by atoms with E-state index in [1.165, 1.54) is 0 Å². The van der Waals surface area contributed by atoms with Gasteiger partial charge in [-0.3, -0.25) is 4.79 Å². The van der Waals surface area contributed by atoms with Crippen molar-refractivity contribution in [3.63, 3.8) is 0 Å².